The first-order valence-corrected chi connectivity index (χ1v) is 9.78. The first kappa shape index (κ1) is 23.6. The molecular formula is C21H23Cl2NO6. The number of aryl methyl sites for hydroxylation is 1. The summed E-state index contributed by atoms with van der Waals surface area (Å²) in [6.45, 7) is 1.48. The Morgan fingerprint density at radius 2 is 1.50 bits per heavy atom. The number of amides is 1. The summed E-state index contributed by atoms with van der Waals surface area (Å²) in [5.41, 5.74) is 1.21. The van der Waals surface area contributed by atoms with Gasteiger partial charge in [0, 0.05) is 22.2 Å². The maximum Gasteiger partial charge on any atom is 0.306 e. The van der Waals surface area contributed by atoms with Gasteiger partial charge in [-0.05, 0) is 49.2 Å². The van der Waals surface area contributed by atoms with E-state index in [0.29, 0.717) is 39.4 Å². The second-order valence-corrected chi connectivity index (χ2v) is 7.19. The van der Waals surface area contributed by atoms with Crippen molar-refractivity contribution in [3.05, 3.63) is 45.9 Å². The number of ether oxygens (including phenoxy) is 4. The molecule has 0 saturated heterocycles. The van der Waals surface area contributed by atoms with E-state index in [1.165, 1.54) is 28.3 Å². The minimum atomic E-state index is -0.991. The second-order valence-electron chi connectivity index (χ2n) is 6.31. The highest BCUT2D eigenvalue weighted by atomic mass is 35.5. The Morgan fingerprint density at radius 1 is 0.933 bits per heavy atom. The molecule has 0 aliphatic rings. The van der Waals surface area contributed by atoms with Gasteiger partial charge in [0.2, 0.25) is 5.75 Å². The fourth-order valence-corrected chi connectivity index (χ4v) is 3.23. The summed E-state index contributed by atoms with van der Waals surface area (Å²) >= 11 is 11.8. The lowest BCUT2D eigenvalue weighted by molar-refractivity contribution is -0.153. The van der Waals surface area contributed by atoms with Crippen LogP contribution < -0.4 is 19.5 Å². The standard InChI is InChI=1S/C21H23Cl2NO6/c1-12(21(26)24-16-10-14(22)9-15(23)11-16)30-19(25)6-5-13-7-17(27-2)20(29-4)18(8-13)28-3/h7-12H,5-6H2,1-4H3,(H,24,26). The van der Waals surface area contributed by atoms with Gasteiger partial charge >= 0.3 is 5.97 Å². The number of methoxy groups -OCH3 is 3. The van der Waals surface area contributed by atoms with E-state index < -0.39 is 18.0 Å². The van der Waals surface area contributed by atoms with Crippen molar-refractivity contribution < 1.29 is 28.5 Å². The van der Waals surface area contributed by atoms with Crippen molar-refractivity contribution in [2.24, 2.45) is 0 Å². The van der Waals surface area contributed by atoms with Crippen LogP contribution in [0.15, 0.2) is 30.3 Å². The highest BCUT2D eigenvalue weighted by Crippen LogP contribution is 2.38. The number of carbonyl (C=O) groups excluding carboxylic acids is 2. The molecule has 30 heavy (non-hydrogen) atoms. The molecule has 0 spiro atoms. The topological polar surface area (TPSA) is 83.1 Å². The van der Waals surface area contributed by atoms with Crippen molar-refractivity contribution in [3.8, 4) is 17.2 Å². The molecule has 162 valence electrons. The van der Waals surface area contributed by atoms with Gasteiger partial charge in [0.05, 0.1) is 21.3 Å². The minimum Gasteiger partial charge on any atom is -0.493 e. The van der Waals surface area contributed by atoms with Crippen LogP contribution >= 0.6 is 23.2 Å². The van der Waals surface area contributed by atoms with Crippen molar-refractivity contribution >= 4 is 40.8 Å². The number of carbonyl (C=O) groups is 2. The van der Waals surface area contributed by atoms with E-state index in [9.17, 15) is 9.59 Å². The molecule has 0 radical (unpaired) electrons. The molecule has 0 aliphatic heterocycles. The predicted octanol–water partition coefficient (Wildman–Crippen LogP) is 4.52. The average molecular weight is 456 g/mol. The Morgan fingerprint density at radius 3 is 2.00 bits per heavy atom. The summed E-state index contributed by atoms with van der Waals surface area (Å²) < 4.78 is 21.1. The number of nitrogens with one attached hydrogen (secondary N) is 1. The van der Waals surface area contributed by atoms with Gasteiger partial charge in [0.1, 0.15) is 0 Å². The number of esters is 1. The van der Waals surface area contributed by atoms with Gasteiger partial charge in [-0.1, -0.05) is 23.2 Å². The number of hydrogen-bond donors (Lipinski definition) is 1. The van der Waals surface area contributed by atoms with E-state index in [1.807, 2.05) is 0 Å². The van der Waals surface area contributed by atoms with Crippen LogP contribution in [0.2, 0.25) is 10.0 Å². The van der Waals surface area contributed by atoms with Crippen LogP contribution in [-0.2, 0) is 20.7 Å². The third-order valence-corrected chi connectivity index (χ3v) is 4.59. The zero-order valence-corrected chi connectivity index (χ0v) is 18.6. The van der Waals surface area contributed by atoms with Gasteiger partial charge in [-0.3, -0.25) is 9.59 Å². The molecule has 7 nitrogen and oxygen atoms in total. The summed E-state index contributed by atoms with van der Waals surface area (Å²) in [5, 5.41) is 3.38. The van der Waals surface area contributed by atoms with Crippen molar-refractivity contribution in [1.82, 2.24) is 0 Å². The molecule has 9 heteroatoms. The van der Waals surface area contributed by atoms with E-state index in [1.54, 1.807) is 30.3 Å². The fourth-order valence-electron chi connectivity index (χ4n) is 2.71. The zero-order chi connectivity index (χ0) is 22.3. The van der Waals surface area contributed by atoms with E-state index in [4.69, 9.17) is 42.1 Å². The Bertz CT molecular complexity index is 873. The quantitative estimate of drug-likeness (QED) is 0.559. The normalized spacial score (nSPS) is 11.4. The Balaban J connectivity index is 1.94. The SMILES string of the molecule is COc1cc(CCC(=O)OC(C)C(=O)Nc2cc(Cl)cc(Cl)c2)cc(OC)c1OC. The number of rotatable bonds is 9. The third-order valence-electron chi connectivity index (χ3n) is 4.15. The highest BCUT2D eigenvalue weighted by Gasteiger charge is 2.19. The maximum absolute atomic E-state index is 12.3. The van der Waals surface area contributed by atoms with E-state index in [0.717, 1.165) is 5.56 Å². The molecule has 0 bridgehead atoms. The molecule has 1 N–H and O–H groups in total. The number of hydrogen-bond acceptors (Lipinski definition) is 6. The molecule has 2 aromatic rings. The predicted molar refractivity (Wildman–Crippen MR) is 115 cm³/mol. The molecule has 0 fully saturated rings. The largest absolute Gasteiger partial charge is 0.493 e. The second kappa shape index (κ2) is 10.9. The fraction of sp³-hybridized carbons (Fsp3) is 0.333. The van der Waals surface area contributed by atoms with E-state index in [-0.39, 0.29) is 6.42 Å². The Kier molecular flexibility index (Phi) is 8.62. The van der Waals surface area contributed by atoms with Crippen molar-refractivity contribution in [2.45, 2.75) is 25.9 Å². The lowest BCUT2D eigenvalue weighted by Gasteiger charge is -2.15. The molecule has 1 atom stereocenters. The Labute approximate surface area is 185 Å². The summed E-state index contributed by atoms with van der Waals surface area (Å²) in [5.74, 6) is 0.448. The minimum absolute atomic E-state index is 0.0687. The molecule has 2 aromatic carbocycles. The number of halogens is 2. The van der Waals surface area contributed by atoms with Gasteiger partial charge in [-0.15, -0.1) is 0 Å². The van der Waals surface area contributed by atoms with Gasteiger partial charge in [-0.2, -0.15) is 0 Å². The van der Waals surface area contributed by atoms with Gasteiger partial charge in [-0.25, -0.2) is 0 Å². The van der Waals surface area contributed by atoms with Gasteiger partial charge in [0.15, 0.2) is 17.6 Å². The first-order valence-electron chi connectivity index (χ1n) is 9.02. The van der Waals surface area contributed by atoms with Crippen LogP contribution in [-0.4, -0.2) is 39.3 Å². The smallest absolute Gasteiger partial charge is 0.306 e. The summed E-state index contributed by atoms with van der Waals surface area (Å²) in [6.07, 6.45) is -0.553. The van der Waals surface area contributed by atoms with Crippen molar-refractivity contribution in [3.63, 3.8) is 0 Å². The molecule has 2 rings (SSSR count). The summed E-state index contributed by atoms with van der Waals surface area (Å²) in [7, 11) is 4.55. The van der Waals surface area contributed by atoms with Gasteiger partial charge < -0.3 is 24.3 Å². The average Bonchev–Trinajstić information content (AvgIpc) is 2.70. The molecular weight excluding hydrogens is 433 g/mol. The van der Waals surface area contributed by atoms with Gasteiger partial charge in [0.25, 0.3) is 5.91 Å². The van der Waals surface area contributed by atoms with Crippen LogP contribution in [0.5, 0.6) is 17.2 Å². The number of anilines is 1. The Hall–Kier alpha value is -2.64. The maximum atomic E-state index is 12.3. The highest BCUT2D eigenvalue weighted by molar-refractivity contribution is 6.35. The molecule has 0 heterocycles. The van der Waals surface area contributed by atoms with E-state index in [2.05, 4.69) is 5.32 Å². The summed E-state index contributed by atoms with van der Waals surface area (Å²) in [6, 6.07) is 8.15. The molecule has 0 aliphatic carbocycles. The number of benzene rings is 2. The lowest BCUT2D eigenvalue weighted by Crippen LogP contribution is -2.30. The van der Waals surface area contributed by atoms with Crippen LogP contribution in [0.1, 0.15) is 18.9 Å². The monoisotopic (exact) mass is 455 g/mol. The van der Waals surface area contributed by atoms with Crippen LogP contribution in [0.3, 0.4) is 0 Å². The van der Waals surface area contributed by atoms with Crippen LogP contribution in [0, 0.1) is 0 Å². The van der Waals surface area contributed by atoms with Crippen LogP contribution in [0.25, 0.3) is 0 Å². The lowest BCUT2D eigenvalue weighted by atomic mass is 10.1. The molecule has 1 unspecified atom stereocenters. The zero-order valence-electron chi connectivity index (χ0n) is 17.1. The molecule has 1 amide bonds. The van der Waals surface area contributed by atoms with Crippen molar-refractivity contribution in [2.75, 3.05) is 26.6 Å². The third kappa shape index (κ3) is 6.43. The van der Waals surface area contributed by atoms with Crippen LogP contribution in [0.4, 0.5) is 5.69 Å². The van der Waals surface area contributed by atoms with E-state index >= 15 is 0 Å². The summed E-state index contributed by atoms with van der Waals surface area (Å²) in [4.78, 5) is 24.5. The van der Waals surface area contributed by atoms with Crippen molar-refractivity contribution in [1.29, 1.82) is 0 Å². The molecule has 0 aromatic heterocycles. The first-order chi connectivity index (χ1) is 14.3. The molecule has 0 saturated carbocycles.